The Labute approximate surface area is 107 Å². The predicted molar refractivity (Wildman–Crippen MR) is 71.4 cm³/mol. The van der Waals surface area contributed by atoms with E-state index in [0.29, 0.717) is 18.0 Å². The summed E-state index contributed by atoms with van der Waals surface area (Å²) in [6, 6.07) is 2.79. The van der Waals surface area contributed by atoms with E-state index in [1.807, 2.05) is 0 Å². The van der Waals surface area contributed by atoms with Crippen LogP contribution in [-0.2, 0) is 0 Å². The van der Waals surface area contributed by atoms with Gasteiger partial charge in [0.05, 0.1) is 0 Å². The minimum atomic E-state index is -0.285. The van der Waals surface area contributed by atoms with Crippen LogP contribution in [0.4, 0.5) is 0 Å². The number of amides is 1. The first-order valence-corrected chi connectivity index (χ1v) is 6.31. The molecule has 0 saturated heterocycles. The number of pyridine rings is 1. The molecule has 0 aromatic carbocycles. The number of rotatable bonds is 6. The zero-order valence-corrected chi connectivity index (χ0v) is 10.9. The van der Waals surface area contributed by atoms with E-state index in [9.17, 15) is 9.59 Å². The van der Waals surface area contributed by atoms with Gasteiger partial charge in [-0.05, 0) is 12.0 Å². The van der Waals surface area contributed by atoms with Gasteiger partial charge in [-0.2, -0.15) is 0 Å². The van der Waals surface area contributed by atoms with E-state index >= 15 is 0 Å². The number of nitrogens with two attached hydrogens (primary N) is 1. The summed E-state index contributed by atoms with van der Waals surface area (Å²) >= 11 is 0. The van der Waals surface area contributed by atoms with Crippen molar-refractivity contribution in [1.29, 1.82) is 0 Å². The van der Waals surface area contributed by atoms with Gasteiger partial charge in [0.25, 0.3) is 5.91 Å². The van der Waals surface area contributed by atoms with E-state index < -0.39 is 0 Å². The van der Waals surface area contributed by atoms with E-state index in [2.05, 4.69) is 24.1 Å². The molecule has 18 heavy (non-hydrogen) atoms. The molecule has 0 bridgehead atoms. The van der Waals surface area contributed by atoms with Gasteiger partial charge in [-0.15, -0.1) is 0 Å². The van der Waals surface area contributed by atoms with Crippen molar-refractivity contribution < 1.29 is 4.79 Å². The van der Waals surface area contributed by atoms with Crippen LogP contribution in [0.1, 0.15) is 37.0 Å². The first-order chi connectivity index (χ1) is 8.58. The highest BCUT2D eigenvalue weighted by Gasteiger charge is 2.15. The highest BCUT2D eigenvalue weighted by molar-refractivity contribution is 5.93. The van der Waals surface area contributed by atoms with E-state index in [1.165, 1.54) is 12.3 Å². The summed E-state index contributed by atoms with van der Waals surface area (Å²) in [7, 11) is 0. The Hall–Kier alpha value is -1.62. The summed E-state index contributed by atoms with van der Waals surface area (Å²) in [5, 5.41) is 2.76. The number of carbonyl (C=O) groups excluding carboxylic acids is 1. The van der Waals surface area contributed by atoms with Crippen molar-refractivity contribution >= 4 is 5.91 Å². The Morgan fingerprint density at radius 3 is 2.67 bits per heavy atom. The first-order valence-electron chi connectivity index (χ1n) is 6.31. The molecule has 4 N–H and O–H groups in total. The Kier molecular flexibility index (Phi) is 5.58. The fraction of sp³-hybridized carbons (Fsp3) is 0.538. The van der Waals surface area contributed by atoms with Gasteiger partial charge in [0.15, 0.2) is 0 Å². The summed E-state index contributed by atoms with van der Waals surface area (Å²) in [4.78, 5) is 25.3. The largest absolute Gasteiger partial charge is 0.350 e. The number of aromatic amines is 1. The summed E-state index contributed by atoms with van der Waals surface area (Å²) < 4.78 is 0. The van der Waals surface area contributed by atoms with Gasteiger partial charge in [-0.1, -0.05) is 26.7 Å². The van der Waals surface area contributed by atoms with Crippen molar-refractivity contribution in [2.24, 2.45) is 11.7 Å². The lowest BCUT2D eigenvalue weighted by Crippen LogP contribution is -2.42. The van der Waals surface area contributed by atoms with Gasteiger partial charge in [0, 0.05) is 30.4 Å². The molecule has 0 radical (unpaired) electrons. The smallest absolute Gasteiger partial charge is 0.251 e. The summed E-state index contributed by atoms with van der Waals surface area (Å²) in [5.74, 6) is 0.145. The number of H-pyrrole nitrogens is 1. The Morgan fingerprint density at radius 2 is 2.11 bits per heavy atom. The molecule has 1 aromatic rings. The third-order valence-electron chi connectivity index (χ3n) is 3.19. The van der Waals surface area contributed by atoms with Crippen LogP contribution in [0.5, 0.6) is 0 Å². The van der Waals surface area contributed by atoms with Gasteiger partial charge in [0.1, 0.15) is 0 Å². The monoisotopic (exact) mass is 251 g/mol. The predicted octanol–water partition coefficient (Wildman–Crippen LogP) is 0.868. The Balaban J connectivity index is 2.53. The Bertz CT molecular complexity index is 438. The SMILES string of the molecule is CCC(CC)C(N)CNC(=O)c1cc[nH]c(=O)c1. The molecule has 0 aliphatic carbocycles. The van der Waals surface area contributed by atoms with E-state index in [4.69, 9.17) is 5.73 Å². The van der Waals surface area contributed by atoms with Gasteiger partial charge in [-0.25, -0.2) is 0 Å². The third kappa shape index (κ3) is 4.00. The first kappa shape index (κ1) is 14.4. The van der Waals surface area contributed by atoms with Crippen LogP contribution in [0.25, 0.3) is 0 Å². The summed E-state index contributed by atoms with van der Waals surface area (Å²) in [5.41, 5.74) is 6.08. The zero-order chi connectivity index (χ0) is 13.5. The lowest BCUT2D eigenvalue weighted by Gasteiger charge is -2.21. The maximum atomic E-state index is 11.8. The molecule has 0 spiro atoms. The van der Waals surface area contributed by atoms with Gasteiger partial charge in [0.2, 0.25) is 5.56 Å². The molecule has 0 saturated carbocycles. The molecule has 1 rings (SSSR count). The van der Waals surface area contributed by atoms with Crippen LogP contribution in [-0.4, -0.2) is 23.5 Å². The van der Waals surface area contributed by atoms with Crippen molar-refractivity contribution in [3.63, 3.8) is 0 Å². The van der Waals surface area contributed by atoms with Crippen LogP contribution in [0.2, 0.25) is 0 Å². The molecule has 100 valence electrons. The molecule has 5 nitrogen and oxygen atoms in total. The molecular weight excluding hydrogens is 230 g/mol. The topological polar surface area (TPSA) is 88.0 Å². The lowest BCUT2D eigenvalue weighted by molar-refractivity contribution is 0.0947. The lowest BCUT2D eigenvalue weighted by atomic mass is 9.95. The van der Waals surface area contributed by atoms with Crippen molar-refractivity contribution in [2.45, 2.75) is 32.7 Å². The van der Waals surface area contributed by atoms with Gasteiger partial charge in [-0.3, -0.25) is 9.59 Å². The summed E-state index contributed by atoms with van der Waals surface area (Å²) in [6.45, 7) is 4.61. The minimum Gasteiger partial charge on any atom is -0.350 e. The highest BCUT2D eigenvalue weighted by atomic mass is 16.2. The van der Waals surface area contributed by atoms with Crippen molar-refractivity contribution in [3.8, 4) is 0 Å². The Morgan fingerprint density at radius 1 is 1.44 bits per heavy atom. The van der Waals surface area contributed by atoms with Crippen LogP contribution in [0.3, 0.4) is 0 Å². The van der Waals surface area contributed by atoms with E-state index in [0.717, 1.165) is 12.8 Å². The molecule has 1 aromatic heterocycles. The molecule has 1 atom stereocenters. The second kappa shape index (κ2) is 6.96. The van der Waals surface area contributed by atoms with E-state index in [1.54, 1.807) is 6.07 Å². The maximum Gasteiger partial charge on any atom is 0.251 e. The van der Waals surface area contributed by atoms with Gasteiger partial charge >= 0.3 is 0 Å². The number of carbonyl (C=O) groups is 1. The summed E-state index contributed by atoms with van der Waals surface area (Å²) in [6.07, 6.45) is 3.45. The molecule has 0 aliphatic rings. The van der Waals surface area contributed by atoms with Crippen molar-refractivity contribution in [3.05, 3.63) is 34.2 Å². The third-order valence-corrected chi connectivity index (χ3v) is 3.19. The van der Waals surface area contributed by atoms with Crippen LogP contribution >= 0.6 is 0 Å². The molecule has 1 heterocycles. The van der Waals surface area contributed by atoms with Crippen molar-refractivity contribution in [2.75, 3.05) is 6.54 Å². The number of hydrogen-bond acceptors (Lipinski definition) is 3. The average Bonchev–Trinajstić information content (AvgIpc) is 2.37. The average molecular weight is 251 g/mol. The second-order valence-electron chi connectivity index (χ2n) is 4.39. The van der Waals surface area contributed by atoms with Crippen molar-refractivity contribution in [1.82, 2.24) is 10.3 Å². The molecule has 1 unspecified atom stereocenters. The second-order valence-corrected chi connectivity index (χ2v) is 4.39. The molecule has 5 heteroatoms. The fourth-order valence-electron chi connectivity index (χ4n) is 1.96. The molecular formula is C13H21N3O2. The maximum absolute atomic E-state index is 11.8. The molecule has 0 aliphatic heterocycles. The number of hydrogen-bond donors (Lipinski definition) is 3. The standard InChI is InChI=1S/C13H21N3O2/c1-3-9(4-2)11(14)8-16-13(18)10-5-6-15-12(17)7-10/h5-7,9,11H,3-4,8,14H2,1-2H3,(H,15,17)(H,16,18). The number of nitrogens with one attached hydrogen (secondary N) is 2. The molecule has 1 amide bonds. The van der Waals surface area contributed by atoms with Crippen LogP contribution in [0, 0.1) is 5.92 Å². The van der Waals surface area contributed by atoms with E-state index in [-0.39, 0.29) is 17.5 Å². The van der Waals surface area contributed by atoms with Crippen LogP contribution < -0.4 is 16.6 Å². The van der Waals surface area contributed by atoms with Crippen LogP contribution in [0.15, 0.2) is 23.1 Å². The van der Waals surface area contributed by atoms with Gasteiger partial charge < -0.3 is 16.0 Å². The minimum absolute atomic E-state index is 0.0500. The zero-order valence-electron chi connectivity index (χ0n) is 10.9. The fourth-order valence-corrected chi connectivity index (χ4v) is 1.96. The quantitative estimate of drug-likeness (QED) is 0.701. The highest BCUT2D eigenvalue weighted by Crippen LogP contribution is 2.10. The molecule has 0 fully saturated rings. The normalized spacial score (nSPS) is 12.4. The number of aromatic nitrogens is 1.